The second-order valence-electron chi connectivity index (χ2n) is 4.00. The molecule has 0 aliphatic rings. The van der Waals surface area contributed by atoms with Gasteiger partial charge in [-0.25, -0.2) is 4.98 Å². The second kappa shape index (κ2) is 4.11. The summed E-state index contributed by atoms with van der Waals surface area (Å²) < 4.78 is 0. The molecule has 0 amide bonds. The monoisotopic (exact) mass is 200 g/mol. The number of hydrogen-bond acceptors (Lipinski definition) is 4. The van der Waals surface area contributed by atoms with Gasteiger partial charge in [0.2, 0.25) is 0 Å². The summed E-state index contributed by atoms with van der Waals surface area (Å²) in [6.45, 7) is 7.17. The van der Waals surface area contributed by atoms with Crippen molar-refractivity contribution >= 4 is 11.8 Å². The van der Waals surface area contributed by atoms with Gasteiger partial charge < -0.3 is 5.73 Å². The fourth-order valence-corrected chi connectivity index (χ4v) is 1.90. The highest BCUT2D eigenvalue weighted by molar-refractivity contribution is 7.99. The maximum Gasteiger partial charge on any atom is 0.183 e. The number of aromatic amines is 1. The van der Waals surface area contributed by atoms with E-state index in [-0.39, 0.29) is 5.41 Å². The molecule has 1 aromatic heterocycles. The van der Waals surface area contributed by atoms with Gasteiger partial charge in [0.25, 0.3) is 0 Å². The van der Waals surface area contributed by atoms with Crippen molar-refractivity contribution in [3.8, 4) is 0 Å². The van der Waals surface area contributed by atoms with Crippen LogP contribution in [-0.2, 0) is 0 Å². The van der Waals surface area contributed by atoms with E-state index in [9.17, 15) is 0 Å². The van der Waals surface area contributed by atoms with Crippen LogP contribution in [0.3, 0.4) is 0 Å². The van der Waals surface area contributed by atoms with Crippen molar-refractivity contribution < 1.29 is 0 Å². The molecule has 74 valence electrons. The lowest BCUT2D eigenvalue weighted by Crippen LogP contribution is -2.30. The van der Waals surface area contributed by atoms with Crippen LogP contribution in [0, 0.1) is 5.41 Å². The lowest BCUT2D eigenvalue weighted by molar-refractivity contribution is 0.398. The summed E-state index contributed by atoms with van der Waals surface area (Å²) in [4.78, 5) is 4.06. The SMILES string of the molecule is CC(C)(C)C(CN)Sc1ncn[nH]1. The van der Waals surface area contributed by atoms with Crippen molar-refractivity contribution in [1.29, 1.82) is 0 Å². The molecule has 5 heteroatoms. The molecule has 13 heavy (non-hydrogen) atoms. The fourth-order valence-electron chi connectivity index (χ4n) is 0.964. The Hall–Kier alpha value is -0.550. The first-order valence-electron chi connectivity index (χ1n) is 4.26. The summed E-state index contributed by atoms with van der Waals surface area (Å²) in [6, 6.07) is 0. The van der Waals surface area contributed by atoms with Gasteiger partial charge in [0.05, 0.1) is 0 Å². The Morgan fingerprint density at radius 2 is 2.31 bits per heavy atom. The van der Waals surface area contributed by atoms with Crippen molar-refractivity contribution in [3.05, 3.63) is 6.33 Å². The van der Waals surface area contributed by atoms with Gasteiger partial charge >= 0.3 is 0 Å². The van der Waals surface area contributed by atoms with Crippen LogP contribution < -0.4 is 5.73 Å². The third-order valence-corrected chi connectivity index (χ3v) is 3.43. The van der Waals surface area contributed by atoms with E-state index in [1.165, 1.54) is 6.33 Å². The van der Waals surface area contributed by atoms with Crippen LogP contribution >= 0.6 is 11.8 Å². The normalized spacial score (nSPS) is 14.5. The predicted molar refractivity (Wildman–Crippen MR) is 54.5 cm³/mol. The second-order valence-corrected chi connectivity index (χ2v) is 5.19. The molecule has 4 nitrogen and oxygen atoms in total. The molecular formula is C8H16N4S. The molecule has 0 spiro atoms. The highest BCUT2D eigenvalue weighted by Crippen LogP contribution is 2.32. The summed E-state index contributed by atoms with van der Waals surface area (Å²) in [6.07, 6.45) is 1.51. The number of H-pyrrole nitrogens is 1. The Morgan fingerprint density at radius 1 is 1.62 bits per heavy atom. The van der Waals surface area contributed by atoms with E-state index in [1.807, 2.05) is 0 Å². The molecule has 1 atom stereocenters. The van der Waals surface area contributed by atoms with Crippen LogP contribution in [0.4, 0.5) is 0 Å². The number of nitrogens with zero attached hydrogens (tertiary/aromatic N) is 2. The standard InChI is InChI=1S/C8H16N4S/c1-8(2,3)6(4-9)13-7-10-5-11-12-7/h5-6H,4,9H2,1-3H3,(H,10,11,12). The van der Waals surface area contributed by atoms with Gasteiger partial charge in [-0.2, -0.15) is 5.10 Å². The highest BCUT2D eigenvalue weighted by Gasteiger charge is 2.25. The molecule has 0 aliphatic carbocycles. The van der Waals surface area contributed by atoms with Gasteiger partial charge in [0.15, 0.2) is 5.16 Å². The molecule has 0 aromatic carbocycles. The average Bonchev–Trinajstić information content (AvgIpc) is 2.49. The van der Waals surface area contributed by atoms with E-state index in [4.69, 9.17) is 5.73 Å². The summed E-state index contributed by atoms with van der Waals surface area (Å²) in [5.74, 6) is 0. The fraction of sp³-hybridized carbons (Fsp3) is 0.750. The topological polar surface area (TPSA) is 67.6 Å². The zero-order chi connectivity index (χ0) is 9.90. The minimum Gasteiger partial charge on any atom is -0.329 e. The minimum atomic E-state index is 0.187. The van der Waals surface area contributed by atoms with Gasteiger partial charge in [-0.15, -0.1) is 0 Å². The van der Waals surface area contributed by atoms with E-state index >= 15 is 0 Å². The van der Waals surface area contributed by atoms with Crippen LogP contribution in [0.1, 0.15) is 20.8 Å². The Bertz CT molecular complexity index is 239. The molecule has 3 N–H and O–H groups in total. The van der Waals surface area contributed by atoms with Crippen LogP contribution in [0.5, 0.6) is 0 Å². The Kier molecular flexibility index (Phi) is 3.33. The maximum atomic E-state index is 5.69. The summed E-state index contributed by atoms with van der Waals surface area (Å²) in [5, 5.41) is 7.81. The lowest BCUT2D eigenvalue weighted by atomic mass is 9.92. The lowest BCUT2D eigenvalue weighted by Gasteiger charge is -2.27. The largest absolute Gasteiger partial charge is 0.329 e. The molecule has 0 bridgehead atoms. The first kappa shape index (κ1) is 10.5. The van der Waals surface area contributed by atoms with Crippen molar-refractivity contribution in [2.24, 2.45) is 11.1 Å². The molecule has 0 radical (unpaired) electrons. The highest BCUT2D eigenvalue weighted by atomic mass is 32.2. The van der Waals surface area contributed by atoms with Crippen LogP contribution in [0.2, 0.25) is 0 Å². The first-order valence-corrected chi connectivity index (χ1v) is 5.14. The predicted octanol–water partition coefficient (Wildman–Crippen LogP) is 1.27. The van der Waals surface area contributed by atoms with Gasteiger partial charge in [0, 0.05) is 11.8 Å². The number of hydrogen-bond donors (Lipinski definition) is 2. The van der Waals surface area contributed by atoms with Gasteiger partial charge in [-0.05, 0) is 5.41 Å². The number of thioether (sulfide) groups is 1. The number of nitrogens with two attached hydrogens (primary N) is 1. The molecule has 0 fully saturated rings. The van der Waals surface area contributed by atoms with E-state index in [1.54, 1.807) is 11.8 Å². The van der Waals surface area contributed by atoms with Crippen molar-refractivity contribution in [1.82, 2.24) is 15.2 Å². The third kappa shape index (κ3) is 3.00. The zero-order valence-electron chi connectivity index (χ0n) is 8.24. The Labute approximate surface area is 82.7 Å². The molecule has 1 aromatic rings. The zero-order valence-corrected chi connectivity index (χ0v) is 9.06. The van der Waals surface area contributed by atoms with Crippen molar-refractivity contribution in [3.63, 3.8) is 0 Å². The van der Waals surface area contributed by atoms with Crippen molar-refractivity contribution in [2.75, 3.05) is 6.54 Å². The minimum absolute atomic E-state index is 0.187. The third-order valence-electron chi connectivity index (χ3n) is 1.83. The molecular weight excluding hydrogens is 184 g/mol. The summed E-state index contributed by atoms with van der Waals surface area (Å²) in [7, 11) is 0. The van der Waals surface area contributed by atoms with E-state index in [0.29, 0.717) is 11.8 Å². The van der Waals surface area contributed by atoms with E-state index in [0.717, 1.165) is 5.16 Å². The molecule has 1 heterocycles. The van der Waals surface area contributed by atoms with Crippen LogP contribution in [0.25, 0.3) is 0 Å². The number of nitrogens with one attached hydrogen (secondary N) is 1. The van der Waals surface area contributed by atoms with Crippen LogP contribution in [-0.4, -0.2) is 27.0 Å². The maximum absolute atomic E-state index is 5.69. The van der Waals surface area contributed by atoms with Crippen molar-refractivity contribution in [2.45, 2.75) is 31.2 Å². The van der Waals surface area contributed by atoms with E-state index < -0.39 is 0 Å². The smallest absolute Gasteiger partial charge is 0.183 e. The molecule has 1 unspecified atom stereocenters. The Morgan fingerprint density at radius 3 is 2.69 bits per heavy atom. The molecule has 1 rings (SSSR count). The first-order chi connectivity index (χ1) is 6.04. The van der Waals surface area contributed by atoms with Gasteiger partial charge in [0.1, 0.15) is 6.33 Å². The summed E-state index contributed by atoms with van der Waals surface area (Å²) >= 11 is 1.65. The Balaban J connectivity index is 2.60. The number of rotatable bonds is 3. The summed E-state index contributed by atoms with van der Waals surface area (Å²) in [5.41, 5.74) is 5.88. The van der Waals surface area contributed by atoms with Gasteiger partial charge in [-0.1, -0.05) is 32.5 Å². The molecule has 0 saturated carbocycles. The average molecular weight is 200 g/mol. The van der Waals surface area contributed by atoms with E-state index in [2.05, 4.69) is 36.0 Å². The van der Waals surface area contributed by atoms with Crippen LogP contribution in [0.15, 0.2) is 11.5 Å². The number of aromatic nitrogens is 3. The molecule has 0 saturated heterocycles. The van der Waals surface area contributed by atoms with Gasteiger partial charge in [-0.3, -0.25) is 5.10 Å². The molecule has 0 aliphatic heterocycles. The quantitative estimate of drug-likeness (QED) is 0.721.